The molecule has 1 rings (SSSR count). The van der Waals surface area contributed by atoms with Crippen molar-refractivity contribution in [2.75, 3.05) is 27.3 Å². The maximum Gasteiger partial charge on any atom is 0.191 e. The van der Waals surface area contributed by atoms with Crippen LogP contribution >= 0.6 is 24.0 Å². The minimum atomic E-state index is 0. The molecule has 1 aromatic heterocycles. The normalized spacial score (nSPS) is 11.4. The van der Waals surface area contributed by atoms with Crippen LogP contribution in [0.15, 0.2) is 15.6 Å². The van der Waals surface area contributed by atoms with Gasteiger partial charge in [-0.05, 0) is 25.2 Å². The fraction of sp³-hybridized carbons (Fsp3) is 0.733. The Hall–Kier alpha value is -0.830. The molecule has 1 heterocycles. The predicted molar refractivity (Wildman–Crippen MR) is 99.9 cm³/mol. The van der Waals surface area contributed by atoms with Crippen LogP contribution in [0.1, 0.15) is 50.5 Å². The van der Waals surface area contributed by atoms with Crippen LogP contribution in [0.5, 0.6) is 0 Å². The van der Waals surface area contributed by atoms with Gasteiger partial charge in [0.1, 0.15) is 0 Å². The van der Waals surface area contributed by atoms with Gasteiger partial charge in [-0.2, -0.15) is 0 Å². The minimum absolute atomic E-state index is 0. The summed E-state index contributed by atoms with van der Waals surface area (Å²) in [5.74, 6) is 1.98. The highest BCUT2D eigenvalue weighted by molar-refractivity contribution is 14.0. The molecule has 0 aliphatic heterocycles. The van der Waals surface area contributed by atoms with Gasteiger partial charge in [0, 0.05) is 33.4 Å². The van der Waals surface area contributed by atoms with Gasteiger partial charge >= 0.3 is 0 Å². The van der Waals surface area contributed by atoms with E-state index in [2.05, 4.69) is 34.6 Å². The lowest BCUT2D eigenvalue weighted by molar-refractivity contribution is 0.192. The molecule has 0 saturated carbocycles. The standard InChI is InChI=1S/C15H28N4O2.HI/c1-12(2)14-10-13(21-19-14)11-18-15(16-3)17-8-6-5-7-9-20-4;/h10,12H,5-9,11H2,1-4H3,(H2,16,17,18);1H. The molecule has 0 aromatic carbocycles. The molecule has 0 amide bonds. The molecule has 0 spiro atoms. The van der Waals surface area contributed by atoms with E-state index in [4.69, 9.17) is 9.26 Å². The molecular formula is C15H29IN4O2. The number of rotatable bonds is 9. The van der Waals surface area contributed by atoms with Gasteiger partial charge in [0.05, 0.1) is 12.2 Å². The summed E-state index contributed by atoms with van der Waals surface area (Å²) in [5.41, 5.74) is 0.980. The van der Waals surface area contributed by atoms with E-state index in [0.717, 1.165) is 49.8 Å². The highest BCUT2D eigenvalue weighted by Gasteiger charge is 2.07. The Kier molecular flexibility index (Phi) is 12.2. The fourth-order valence-electron chi connectivity index (χ4n) is 1.83. The van der Waals surface area contributed by atoms with Crippen molar-refractivity contribution in [1.29, 1.82) is 0 Å². The molecule has 1 aromatic rings. The van der Waals surface area contributed by atoms with Gasteiger partial charge < -0.3 is 19.9 Å². The third-order valence-electron chi connectivity index (χ3n) is 3.14. The summed E-state index contributed by atoms with van der Waals surface area (Å²) in [6.07, 6.45) is 3.35. The second-order valence-electron chi connectivity index (χ2n) is 5.28. The average Bonchev–Trinajstić information content (AvgIpc) is 2.95. The van der Waals surface area contributed by atoms with Gasteiger partial charge in [-0.1, -0.05) is 19.0 Å². The first-order chi connectivity index (χ1) is 10.2. The van der Waals surface area contributed by atoms with Gasteiger partial charge in [0.2, 0.25) is 0 Å². The van der Waals surface area contributed by atoms with E-state index < -0.39 is 0 Å². The number of halogens is 1. The number of aliphatic imine (C=N–C) groups is 1. The first kappa shape index (κ1) is 21.2. The molecule has 0 aliphatic rings. The zero-order chi connectivity index (χ0) is 15.5. The van der Waals surface area contributed by atoms with E-state index >= 15 is 0 Å². The minimum Gasteiger partial charge on any atom is -0.385 e. The predicted octanol–water partition coefficient (Wildman–Crippen LogP) is 2.90. The summed E-state index contributed by atoms with van der Waals surface area (Å²) < 4.78 is 10.3. The highest BCUT2D eigenvalue weighted by atomic mass is 127. The molecule has 0 aliphatic carbocycles. The Bertz CT molecular complexity index is 421. The lowest BCUT2D eigenvalue weighted by atomic mass is 10.1. The number of methoxy groups -OCH3 is 1. The number of aromatic nitrogens is 1. The van der Waals surface area contributed by atoms with Crippen LogP contribution in [0, 0.1) is 0 Å². The van der Waals surface area contributed by atoms with Crippen LogP contribution in [0.2, 0.25) is 0 Å². The molecule has 0 saturated heterocycles. The summed E-state index contributed by atoms with van der Waals surface area (Å²) in [4.78, 5) is 4.19. The molecule has 0 atom stereocenters. The topological polar surface area (TPSA) is 71.7 Å². The fourth-order valence-corrected chi connectivity index (χ4v) is 1.83. The molecule has 0 unspecified atom stereocenters. The number of hydrogen-bond acceptors (Lipinski definition) is 4. The number of unbranched alkanes of at least 4 members (excludes halogenated alkanes) is 2. The van der Waals surface area contributed by atoms with Crippen LogP contribution in [-0.4, -0.2) is 38.4 Å². The van der Waals surface area contributed by atoms with E-state index in [0.29, 0.717) is 12.5 Å². The number of nitrogens with one attached hydrogen (secondary N) is 2. The molecule has 2 N–H and O–H groups in total. The van der Waals surface area contributed by atoms with Crippen molar-refractivity contribution < 1.29 is 9.26 Å². The van der Waals surface area contributed by atoms with Crippen LogP contribution in [-0.2, 0) is 11.3 Å². The lowest BCUT2D eigenvalue weighted by Gasteiger charge is -2.10. The summed E-state index contributed by atoms with van der Waals surface area (Å²) in [6, 6.07) is 1.98. The Labute approximate surface area is 150 Å². The first-order valence-corrected chi connectivity index (χ1v) is 7.56. The Morgan fingerprint density at radius 1 is 1.32 bits per heavy atom. The van der Waals surface area contributed by atoms with Gasteiger partial charge in [0.15, 0.2) is 11.7 Å². The van der Waals surface area contributed by atoms with Gasteiger partial charge in [-0.15, -0.1) is 24.0 Å². The first-order valence-electron chi connectivity index (χ1n) is 7.56. The maximum atomic E-state index is 5.28. The van der Waals surface area contributed by atoms with Crippen molar-refractivity contribution in [3.8, 4) is 0 Å². The van der Waals surface area contributed by atoms with E-state index in [1.807, 2.05) is 6.07 Å². The number of hydrogen-bond donors (Lipinski definition) is 2. The van der Waals surface area contributed by atoms with Crippen LogP contribution in [0.3, 0.4) is 0 Å². The van der Waals surface area contributed by atoms with Crippen molar-refractivity contribution in [3.05, 3.63) is 17.5 Å². The van der Waals surface area contributed by atoms with Crippen molar-refractivity contribution in [1.82, 2.24) is 15.8 Å². The van der Waals surface area contributed by atoms with Gasteiger partial charge in [0.25, 0.3) is 0 Å². The number of ether oxygens (including phenoxy) is 1. The van der Waals surface area contributed by atoms with Crippen LogP contribution in [0.25, 0.3) is 0 Å². The summed E-state index contributed by atoms with van der Waals surface area (Å²) in [7, 11) is 3.50. The zero-order valence-electron chi connectivity index (χ0n) is 14.0. The smallest absolute Gasteiger partial charge is 0.191 e. The number of nitrogens with zero attached hydrogens (tertiary/aromatic N) is 2. The highest BCUT2D eigenvalue weighted by Crippen LogP contribution is 2.13. The SMILES string of the molecule is CN=C(NCCCCCOC)NCc1cc(C(C)C)no1.I. The number of guanidine groups is 1. The molecule has 22 heavy (non-hydrogen) atoms. The zero-order valence-corrected chi connectivity index (χ0v) is 16.3. The molecule has 0 fully saturated rings. The molecular weight excluding hydrogens is 395 g/mol. The summed E-state index contributed by atoms with van der Waals surface area (Å²) >= 11 is 0. The summed E-state index contributed by atoms with van der Waals surface area (Å²) in [5, 5.41) is 10.5. The van der Waals surface area contributed by atoms with E-state index in [-0.39, 0.29) is 24.0 Å². The maximum absolute atomic E-state index is 5.28. The monoisotopic (exact) mass is 424 g/mol. The second-order valence-corrected chi connectivity index (χ2v) is 5.28. The third-order valence-corrected chi connectivity index (χ3v) is 3.14. The molecule has 6 nitrogen and oxygen atoms in total. The third kappa shape index (κ3) is 8.57. The van der Waals surface area contributed by atoms with E-state index in [1.165, 1.54) is 0 Å². The van der Waals surface area contributed by atoms with Crippen LogP contribution in [0.4, 0.5) is 0 Å². The Balaban J connectivity index is 0.00000441. The molecule has 7 heteroatoms. The van der Waals surface area contributed by atoms with Crippen molar-refractivity contribution in [3.63, 3.8) is 0 Å². The summed E-state index contributed by atoms with van der Waals surface area (Å²) in [6.45, 7) is 6.51. The Morgan fingerprint density at radius 3 is 2.68 bits per heavy atom. The van der Waals surface area contributed by atoms with Gasteiger partial charge in [-0.25, -0.2) is 0 Å². The van der Waals surface area contributed by atoms with E-state index in [1.54, 1.807) is 14.2 Å². The van der Waals surface area contributed by atoms with Crippen molar-refractivity contribution >= 4 is 29.9 Å². The van der Waals surface area contributed by atoms with Crippen molar-refractivity contribution in [2.45, 2.75) is 45.6 Å². The molecule has 128 valence electrons. The quantitative estimate of drug-likeness (QED) is 0.276. The lowest BCUT2D eigenvalue weighted by Crippen LogP contribution is -2.37. The van der Waals surface area contributed by atoms with Crippen molar-refractivity contribution in [2.24, 2.45) is 4.99 Å². The molecule has 0 bridgehead atoms. The van der Waals surface area contributed by atoms with Gasteiger partial charge in [-0.3, -0.25) is 4.99 Å². The Morgan fingerprint density at radius 2 is 2.09 bits per heavy atom. The molecule has 0 radical (unpaired) electrons. The second kappa shape index (κ2) is 12.7. The largest absolute Gasteiger partial charge is 0.385 e. The van der Waals surface area contributed by atoms with E-state index in [9.17, 15) is 0 Å². The average molecular weight is 424 g/mol. The van der Waals surface area contributed by atoms with Crippen LogP contribution < -0.4 is 10.6 Å².